The molecule has 1 fully saturated rings. The Bertz CT molecular complexity index is 506. The van der Waals surface area contributed by atoms with Crippen molar-refractivity contribution in [3.8, 4) is 0 Å². The highest BCUT2D eigenvalue weighted by Gasteiger charge is 2.31. The summed E-state index contributed by atoms with van der Waals surface area (Å²) in [4.78, 5) is 4.82. The number of aliphatic hydroxyl groups excluding tert-OH is 1. The number of guanidine groups is 1. The lowest BCUT2D eigenvalue weighted by molar-refractivity contribution is 0.137. The van der Waals surface area contributed by atoms with Gasteiger partial charge in [-0.05, 0) is 44.1 Å². The van der Waals surface area contributed by atoms with Crippen LogP contribution in [0.2, 0.25) is 0 Å². The fraction of sp³-hybridized carbons (Fsp3) is 0.778. The zero-order valence-corrected chi connectivity index (χ0v) is 18.0. The van der Waals surface area contributed by atoms with Gasteiger partial charge in [-0.3, -0.25) is 9.67 Å². The maximum absolute atomic E-state index is 9.43. The Kier molecular flexibility index (Phi) is 10.4. The van der Waals surface area contributed by atoms with Gasteiger partial charge in [0.1, 0.15) is 0 Å². The molecule has 1 aromatic heterocycles. The molecule has 0 spiro atoms. The van der Waals surface area contributed by atoms with Crippen LogP contribution in [0.25, 0.3) is 0 Å². The lowest BCUT2D eigenvalue weighted by Gasteiger charge is -2.35. The molecular formula is C18H34IN5O. The van der Waals surface area contributed by atoms with Gasteiger partial charge in [0.05, 0.1) is 12.7 Å². The van der Waals surface area contributed by atoms with Crippen molar-refractivity contribution in [2.45, 2.75) is 58.9 Å². The van der Waals surface area contributed by atoms with E-state index in [1.807, 2.05) is 24.0 Å². The Hall–Kier alpha value is -0.830. The molecular weight excluding hydrogens is 429 g/mol. The van der Waals surface area contributed by atoms with Crippen LogP contribution in [-0.2, 0) is 6.54 Å². The highest BCUT2D eigenvalue weighted by Crippen LogP contribution is 2.39. The number of aliphatic imine (C=N–C) groups is 1. The predicted molar refractivity (Wildman–Crippen MR) is 114 cm³/mol. The van der Waals surface area contributed by atoms with E-state index in [4.69, 9.17) is 4.99 Å². The topological polar surface area (TPSA) is 74.5 Å². The van der Waals surface area contributed by atoms with Crippen LogP contribution in [0, 0.1) is 12.3 Å². The average Bonchev–Trinajstić information content (AvgIpc) is 2.99. The number of hydrogen-bond donors (Lipinski definition) is 3. The third-order valence-electron chi connectivity index (χ3n) is 4.87. The van der Waals surface area contributed by atoms with Gasteiger partial charge in [-0.1, -0.05) is 19.3 Å². The minimum absolute atomic E-state index is 0. The van der Waals surface area contributed by atoms with Gasteiger partial charge in [0.15, 0.2) is 5.96 Å². The summed E-state index contributed by atoms with van der Waals surface area (Å²) in [6.07, 6.45) is 11.0. The fourth-order valence-corrected chi connectivity index (χ4v) is 3.49. The van der Waals surface area contributed by atoms with Crippen molar-refractivity contribution in [2.24, 2.45) is 10.4 Å². The Labute approximate surface area is 168 Å². The number of aryl methyl sites for hydroxylation is 1. The third-order valence-corrected chi connectivity index (χ3v) is 4.87. The molecule has 1 aromatic rings. The number of aromatic nitrogens is 2. The molecule has 1 saturated carbocycles. The summed E-state index contributed by atoms with van der Waals surface area (Å²) in [7, 11) is 0. The van der Waals surface area contributed by atoms with Crippen molar-refractivity contribution in [2.75, 3.05) is 26.2 Å². The van der Waals surface area contributed by atoms with Crippen LogP contribution in [0.1, 0.15) is 51.0 Å². The molecule has 1 heterocycles. The first-order valence-corrected chi connectivity index (χ1v) is 9.29. The largest absolute Gasteiger partial charge is 0.396 e. The van der Waals surface area contributed by atoms with E-state index in [2.05, 4.69) is 22.7 Å². The first kappa shape index (κ1) is 22.2. The fourth-order valence-electron chi connectivity index (χ4n) is 3.49. The lowest BCUT2D eigenvalue weighted by atomic mass is 9.72. The van der Waals surface area contributed by atoms with E-state index in [1.165, 1.54) is 37.7 Å². The molecule has 2 rings (SSSR count). The molecule has 1 aliphatic rings. The SMILES string of the molecule is CCNC(=NCC1(CCO)CCCCC1)NCCn1cc(C)cn1.I. The van der Waals surface area contributed by atoms with Crippen LogP contribution in [0.3, 0.4) is 0 Å². The van der Waals surface area contributed by atoms with Crippen molar-refractivity contribution in [3.63, 3.8) is 0 Å². The molecule has 0 unspecified atom stereocenters. The number of rotatable bonds is 8. The molecule has 0 amide bonds. The lowest BCUT2D eigenvalue weighted by Crippen LogP contribution is -2.40. The highest BCUT2D eigenvalue weighted by atomic mass is 127. The smallest absolute Gasteiger partial charge is 0.191 e. The summed E-state index contributed by atoms with van der Waals surface area (Å²) in [6, 6.07) is 0. The van der Waals surface area contributed by atoms with Crippen LogP contribution in [0.4, 0.5) is 0 Å². The quantitative estimate of drug-likeness (QED) is 0.315. The van der Waals surface area contributed by atoms with Crippen LogP contribution >= 0.6 is 24.0 Å². The molecule has 0 aliphatic heterocycles. The van der Waals surface area contributed by atoms with Crippen molar-refractivity contribution in [1.82, 2.24) is 20.4 Å². The molecule has 144 valence electrons. The normalized spacial score (nSPS) is 17.0. The molecule has 25 heavy (non-hydrogen) atoms. The number of nitrogens with zero attached hydrogens (tertiary/aromatic N) is 3. The van der Waals surface area contributed by atoms with E-state index in [1.54, 1.807) is 0 Å². The molecule has 0 radical (unpaired) electrons. The van der Waals surface area contributed by atoms with E-state index >= 15 is 0 Å². The molecule has 0 atom stereocenters. The van der Waals surface area contributed by atoms with E-state index in [-0.39, 0.29) is 36.0 Å². The highest BCUT2D eigenvalue weighted by molar-refractivity contribution is 14.0. The standard InChI is InChI=1S/C18H33N5O.HI/c1-3-19-17(20-10-11-23-14-16(2)13-22-23)21-15-18(9-12-24)7-5-4-6-8-18;/h13-14,24H,3-12,15H2,1-2H3,(H2,19,20,21);1H. The van der Waals surface area contributed by atoms with Crippen LogP contribution in [0.5, 0.6) is 0 Å². The summed E-state index contributed by atoms with van der Waals surface area (Å²) in [5.41, 5.74) is 1.37. The minimum atomic E-state index is 0. The number of hydrogen-bond acceptors (Lipinski definition) is 3. The molecule has 3 N–H and O–H groups in total. The molecule has 6 nitrogen and oxygen atoms in total. The van der Waals surface area contributed by atoms with Crippen molar-refractivity contribution in [3.05, 3.63) is 18.0 Å². The molecule has 1 aliphatic carbocycles. The predicted octanol–water partition coefficient (Wildman–Crippen LogP) is 2.70. The van der Waals surface area contributed by atoms with Gasteiger partial charge < -0.3 is 15.7 Å². The zero-order chi connectivity index (χ0) is 17.3. The van der Waals surface area contributed by atoms with E-state index in [0.717, 1.165) is 38.6 Å². The van der Waals surface area contributed by atoms with Gasteiger partial charge in [0.2, 0.25) is 0 Å². The number of halogens is 1. The average molecular weight is 463 g/mol. The Morgan fingerprint density at radius 1 is 1.32 bits per heavy atom. The van der Waals surface area contributed by atoms with E-state index < -0.39 is 0 Å². The first-order valence-electron chi connectivity index (χ1n) is 9.29. The Morgan fingerprint density at radius 2 is 2.08 bits per heavy atom. The number of aliphatic hydroxyl groups is 1. The van der Waals surface area contributed by atoms with Crippen molar-refractivity contribution < 1.29 is 5.11 Å². The van der Waals surface area contributed by atoms with Gasteiger partial charge in [0, 0.05) is 32.4 Å². The number of nitrogens with one attached hydrogen (secondary N) is 2. The summed E-state index contributed by atoms with van der Waals surface area (Å²) in [5.74, 6) is 0.865. The summed E-state index contributed by atoms with van der Waals surface area (Å²) >= 11 is 0. The second kappa shape index (κ2) is 11.7. The van der Waals surface area contributed by atoms with Crippen LogP contribution in [0.15, 0.2) is 17.4 Å². The molecule has 0 saturated heterocycles. The maximum Gasteiger partial charge on any atom is 0.191 e. The van der Waals surface area contributed by atoms with Crippen molar-refractivity contribution >= 4 is 29.9 Å². The van der Waals surface area contributed by atoms with E-state index in [0.29, 0.717) is 0 Å². The first-order chi connectivity index (χ1) is 11.7. The third kappa shape index (κ3) is 7.52. The van der Waals surface area contributed by atoms with Crippen LogP contribution < -0.4 is 10.6 Å². The minimum Gasteiger partial charge on any atom is -0.396 e. The molecule has 0 aromatic carbocycles. The second-order valence-corrected chi connectivity index (χ2v) is 6.94. The molecule has 7 heteroatoms. The summed E-state index contributed by atoms with van der Waals surface area (Å²) in [6.45, 7) is 7.65. The summed E-state index contributed by atoms with van der Waals surface area (Å²) < 4.78 is 1.94. The molecule has 0 bridgehead atoms. The van der Waals surface area contributed by atoms with Gasteiger partial charge in [0.25, 0.3) is 0 Å². The van der Waals surface area contributed by atoms with Gasteiger partial charge in [-0.25, -0.2) is 0 Å². The zero-order valence-electron chi connectivity index (χ0n) is 15.6. The maximum atomic E-state index is 9.43. The van der Waals surface area contributed by atoms with Crippen LogP contribution in [-0.4, -0.2) is 47.1 Å². The Balaban J connectivity index is 0.00000312. The summed E-state index contributed by atoms with van der Waals surface area (Å²) in [5, 5.41) is 20.4. The van der Waals surface area contributed by atoms with E-state index in [9.17, 15) is 5.11 Å². The van der Waals surface area contributed by atoms with Gasteiger partial charge in [-0.15, -0.1) is 24.0 Å². The monoisotopic (exact) mass is 463 g/mol. The van der Waals surface area contributed by atoms with Gasteiger partial charge >= 0.3 is 0 Å². The van der Waals surface area contributed by atoms with Crippen molar-refractivity contribution in [1.29, 1.82) is 0 Å². The second-order valence-electron chi connectivity index (χ2n) is 6.94. The Morgan fingerprint density at radius 3 is 2.68 bits per heavy atom. The van der Waals surface area contributed by atoms with Gasteiger partial charge in [-0.2, -0.15) is 5.10 Å².